The molecule has 1 aliphatic carbocycles. The molecule has 0 radical (unpaired) electrons. The Kier molecular flexibility index (Phi) is 12.2. The summed E-state index contributed by atoms with van der Waals surface area (Å²) in [6.07, 6.45) is 5.30. The zero-order chi connectivity index (χ0) is 31.9. The lowest BCUT2D eigenvalue weighted by atomic mass is 10.1. The quantitative estimate of drug-likeness (QED) is 0.112. The van der Waals surface area contributed by atoms with E-state index in [1.54, 1.807) is 12.1 Å². The van der Waals surface area contributed by atoms with Gasteiger partial charge in [0.25, 0.3) is 0 Å². The topological polar surface area (TPSA) is 156 Å². The van der Waals surface area contributed by atoms with E-state index in [1.807, 2.05) is 41.7 Å². The molecule has 1 saturated carbocycles. The van der Waals surface area contributed by atoms with Crippen LogP contribution in [-0.4, -0.2) is 77.6 Å². The molecule has 0 aromatic heterocycles. The largest absolute Gasteiger partial charge is 0.480 e. The molecule has 0 saturated heterocycles. The van der Waals surface area contributed by atoms with Gasteiger partial charge in [-0.15, -0.1) is 0 Å². The SMILES string of the molecule is CN1Sc2cc(S(=O)(=O)NCc3ccccc3)c(Cl)cc2NC1CCCCCP(=O)(O)CC(=O)N(CC(=O)O)C1CCCC1. The number of carboxylic acids is 1. The first-order valence-corrected chi connectivity index (χ1v) is 19.4. The van der Waals surface area contributed by atoms with Crippen molar-refractivity contribution in [2.24, 2.45) is 0 Å². The molecule has 0 bridgehead atoms. The number of hydrogen-bond acceptors (Lipinski definition) is 8. The van der Waals surface area contributed by atoms with Gasteiger partial charge in [-0.1, -0.05) is 67.6 Å². The number of halogens is 1. The highest BCUT2D eigenvalue weighted by molar-refractivity contribution is 7.97. The van der Waals surface area contributed by atoms with Crippen LogP contribution < -0.4 is 10.0 Å². The Morgan fingerprint density at radius 3 is 2.55 bits per heavy atom. The number of amides is 1. The summed E-state index contributed by atoms with van der Waals surface area (Å²) < 4.78 is 43.4. The highest BCUT2D eigenvalue weighted by Gasteiger charge is 2.33. The Bertz CT molecular complexity index is 1480. The second kappa shape index (κ2) is 15.4. The highest BCUT2D eigenvalue weighted by atomic mass is 35.5. The number of hydrogen-bond donors (Lipinski definition) is 4. The van der Waals surface area contributed by atoms with Crippen LogP contribution in [0.1, 0.15) is 56.9 Å². The molecule has 2 atom stereocenters. The van der Waals surface area contributed by atoms with Gasteiger partial charge in [0.05, 0.1) is 16.9 Å². The van der Waals surface area contributed by atoms with Gasteiger partial charge >= 0.3 is 5.97 Å². The van der Waals surface area contributed by atoms with Crippen LogP contribution in [0.5, 0.6) is 0 Å². The Morgan fingerprint density at radius 1 is 1.16 bits per heavy atom. The minimum absolute atomic E-state index is 0.000995. The fourth-order valence-electron chi connectivity index (χ4n) is 5.56. The molecule has 15 heteroatoms. The van der Waals surface area contributed by atoms with Gasteiger partial charge in [-0.3, -0.25) is 14.2 Å². The van der Waals surface area contributed by atoms with E-state index in [2.05, 4.69) is 10.0 Å². The van der Waals surface area contributed by atoms with Crippen molar-refractivity contribution in [3.63, 3.8) is 0 Å². The molecule has 1 amide bonds. The summed E-state index contributed by atoms with van der Waals surface area (Å²) in [6.45, 7) is -0.296. The van der Waals surface area contributed by atoms with Crippen molar-refractivity contribution >= 4 is 58.5 Å². The number of anilines is 1. The molecule has 2 aliphatic rings. The van der Waals surface area contributed by atoms with E-state index < -0.39 is 42.0 Å². The Balaban J connectivity index is 1.25. The first-order valence-electron chi connectivity index (χ1n) is 14.7. The maximum Gasteiger partial charge on any atom is 0.323 e. The zero-order valence-electron chi connectivity index (χ0n) is 24.7. The average molecular weight is 687 g/mol. The first kappa shape index (κ1) is 34.7. The second-order valence-corrected chi connectivity index (χ2v) is 17.1. The van der Waals surface area contributed by atoms with Crippen LogP contribution in [0.4, 0.5) is 5.69 Å². The lowest BCUT2D eigenvalue weighted by molar-refractivity contribution is -0.145. The van der Waals surface area contributed by atoms with Crippen LogP contribution >= 0.6 is 30.9 Å². The maximum absolute atomic E-state index is 13.0. The van der Waals surface area contributed by atoms with Crippen LogP contribution in [0.25, 0.3) is 0 Å². The predicted octanol–water partition coefficient (Wildman–Crippen LogP) is 5.20. The second-order valence-electron chi connectivity index (χ2n) is 11.3. The number of carbonyl (C=O) groups is 2. The molecule has 11 nitrogen and oxygen atoms in total. The number of unbranched alkanes of at least 4 members (excludes halogenated alkanes) is 2. The number of carboxylic acid groups (broad SMARTS) is 1. The molecule has 4 rings (SSSR count). The summed E-state index contributed by atoms with van der Waals surface area (Å²) in [5, 5.41) is 12.7. The summed E-state index contributed by atoms with van der Waals surface area (Å²) in [4.78, 5) is 36.5. The van der Waals surface area contributed by atoms with E-state index in [-0.39, 0.29) is 34.8 Å². The summed E-state index contributed by atoms with van der Waals surface area (Å²) in [5.74, 6) is -1.68. The summed E-state index contributed by atoms with van der Waals surface area (Å²) >= 11 is 7.85. The molecule has 2 unspecified atom stereocenters. The predicted molar refractivity (Wildman–Crippen MR) is 173 cm³/mol. The fourth-order valence-corrected chi connectivity index (χ4v) is 9.67. The van der Waals surface area contributed by atoms with Crippen molar-refractivity contribution in [1.29, 1.82) is 0 Å². The fraction of sp³-hybridized carbons (Fsp3) is 0.517. The summed E-state index contributed by atoms with van der Waals surface area (Å²) in [7, 11) is -5.68. The van der Waals surface area contributed by atoms with E-state index in [0.717, 1.165) is 54.7 Å². The minimum Gasteiger partial charge on any atom is -0.480 e. The highest BCUT2D eigenvalue weighted by Crippen LogP contribution is 2.43. The number of sulfonamides is 1. The third kappa shape index (κ3) is 9.69. The van der Waals surface area contributed by atoms with Crippen LogP contribution in [0, 0.1) is 0 Å². The van der Waals surface area contributed by atoms with Crippen molar-refractivity contribution < 1.29 is 32.6 Å². The zero-order valence-corrected chi connectivity index (χ0v) is 27.9. The molecular formula is C29H40ClN4O7PS2. The van der Waals surface area contributed by atoms with Crippen LogP contribution in [0.2, 0.25) is 5.02 Å². The number of nitrogens with zero attached hydrogens (tertiary/aromatic N) is 2. The lowest BCUT2D eigenvalue weighted by Crippen LogP contribution is -2.43. The van der Waals surface area contributed by atoms with Gasteiger partial charge in [0.1, 0.15) is 17.6 Å². The summed E-state index contributed by atoms with van der Waals surface area (Å²) in [6, 6.07) is 12.2. The molecule has 0 spiro atoms. The molecule has 1 fully saturated rings. The van der Waals surface area contributed by atoms with Crippen LogP contribution in [0.15, 0.2) is 52.3 Å². The number of benzene rings is 2. The van der Waals surface area contributed by atoms with Gasteiger partial charge in [0.2, 0.25) is 23.3 Å². The molecule has 1 heterocycles. The maximum atomic E-state index is 13.0. The third-order valence-corrected chi connectivity index (χ3v) is 12.6. The normalized spacial score (nSPS) is 18.8. The molecule has 44 heavy (non-hydrogen) atoms. The van der Waals surface area contributed by atoms with E-state index in [9.17, 15) is 32.6 Å². The van der Waals surface area contributed by atoms with Gasteiger partial charge in [-0.25, -0.2) is 17.4 Å². The van der Waals surface area contributed by atoms with E-state index in [0.29, 0.717) is 12.8 Å². The van der Waals surface area contributed by atoms with Crippen molar-refractivity contribution in [3.05, 3.63) is 53.1 Å². The minimum atomic E-state index is -3.84. The first-order chi connectivity index (χ1) is 20.8. The third-order valence-electron chi connectivity index (χ3n) is 7.89. The number of carbonyl (C=O) groups excluding carboxylic acids is 1. The summed E-state index contributed by atoms with van der Waals surface area (Å²) in [5.41, 5.74) is 1.57. The van der Waals surface area contributed by atoms with Gasteiger partial charge in [0.15, 0.2) is 0 Å². The van der Waals surface area contributed by atoms with E-state index >= 15 is 0 Å². The van der Waals surface area contributed by atoms with Crippen molar-refractivity contribution in [3.8, 4) is 0 Å². The number of fused-ring (bicyclic) bond motifs is 1. The van der Waals surface area contributed by atoms with Crippen molar-refractivity contribution in [2.45, 2.75) is 79.9 Å². The molecule has 2 aromatic carbocycles. The van der Waals surface area contributed by atoms with Crippen molar-refractivity contribution in [2.75, 3.05) is 31.2 Å². The Morgan fingerprint density at radius 2 is 1.86 bits per heavy atom. The number of aliphatic carboxylic acids is 1. The molecule has 2 aromatic rings. The lowest BCUT2D eigenvalue weighted by Gasteiger charge is -2.35. The smallest absolute Gasteiger partial charge is 0.323 e. The van der Waals surface area contributed by atoms with Gasteiger partial charge in [-0.05, 0) is 62.4 Å². The molecule has 1 aliphatic heterocycles. The number of nitrogens with one attached hydrogen (secondary N) is 2. The average Bonchev–Trinajstić information content (AvgIpc) is 3.50. The van der Waals surface area contributed by atoms with Crippen LogP contribution in [-0.2, 0) is 30.7 Å². The van der Waals surface area contributed by atoms with Crippen LogP contribution in [0.3, 0.4) is 0 Å². The van der Waals surface area contributed by atoms with Gasteiger partial charge < -0.3 is 20.2 Å². The van der Waals surface area contributed by atoms with Gasteiger partial charge in [0, 0.05) is 23.6 Å². The standard InChI is InChI=1S/C29H40ClN4O7PS2/c1-33-27(14-6-3-9-15-42(38,39)20-28(35)34(19-29(36)37)22-12-7-8-13-22)32-24-16-23(30)26(17-25(24)43-33)44(40,41)31-18-21-10-4-2-5-11-21/h2,4-5,10-11,16-17,22,27,31-32H,3,6-9,12-15,18-20H2,1H3,(H,36,37)(H,38,39). The van der Waals surface area contributed by atoms with Crippen molar-refractivity contribution in [1.82, 2.24) is 13.9 Å². The number of rotatable bonds is 15. The molecule has 242 valence electrons. The Hall–Kier alpha value is -2.12. The molecule has 4 N–H and O–H groups in total. The van der Waals surface area contributed by atoms with E-state index in [4.69, 9.17) is 11.6 Å². The van der Waals surface area contributed by atoms with E-state index in [1.165, 1.54) is 16.8 Å². The molecular weight excluding hydrogens is 647 g/mol. The van der Waals surface area contributed by atoms with Gasteiger partial charge in [-0.2, -0.15) is 0 Å². The monoisotopic (exact) mass is 686 g/mol. The Labute approximate surface area is 268 Å².